The molecule has 1 heterocycles. The molecule has 1 aromatic heterocycles. The molecule has 0 aliphatic heterocycles. The van der Waals surface area contributed by atoms with Gasteiger partial charge in [-0.25, -0.2) is 9.47 Å². The van der Waals surface area contributed by atoms with E-state index in [1.54, 1.807) is 0 Å². The molecule has 2 rings (SSSR count). The van der Waals surface area contributed by atoms with Crippen molar-refractivity contribution in [1.29, 1.82) is 0 Å². The van der Waals surface area contributed by atoms with Crippen molar-refractivity contribution in [2.24, 2.45) is 0 Å². The summed E-state index contributed by atoms with van der Waals surface area (Å²) < 4.78 is 6.16. The third-order valence-electron chi connectivity index (χ3n) is 2.92. The van der Waals surface area contributed by atoms with Crippen LogP contribution in [0.25, 0.3) is 0 Å². The second-order valence-electron chi connectivity index (χ2n) is 4.68. The third-order valence-corrected chi connectivity index (χ3v) is 4.44. The van der Waals surface area contributed by atoms with Crippen molar-refractivity contribution >= 4 is 35.0 Å². The largest absolute Gasteiger partial charge is 0.462 e. The van der Waals surface area contributed by atoms with Crippen molar-refractivity contribution in [3.05, 3.63) is 39.2 Å². The maximum absolute atomic E-state index is 12.0. The zero-order valence-electron chi connectivity index (χ0n) is 12.6. The molecular formula is C13H14ClN5O4S. The summed E-state index contributed by atoms with van der Waals surface area (Å²) in [4.78, 5) is 22.8. The Morgan fingerprint density at radius 2 is 2.29 bits per heavy atom. The molecule has 0 bridgehead atoms. The molecule has 0 spiro atoms. The predicted molar refractivity (Wildman–Crippen MR) is 87.6 cm³/mol. The summed E-state index contributed by atoms with van der Waals surface area (Å²) in [6, 6.07) is 2.45. The maximum atomic E-state index is 12.0. The van der Waals surface area contributed by atoms with Gasteiger partial charge < -0.3 is 10.6 Å². The lowest BCUT2D eigenvalue weighted by molar-refractivity contribution is -0.387. The fourth-order valence-electron chi connectivity index (χ4n) is 1.72. The van der Waals surface area contributed by atoms with Crippen molar-refractivity contribution in [3.8, 4) is 0 Å². The Balaban J connectivity index is 2.34. The number of nitrogens with zero attached hydrogens (tertiary/aromatic N) is 4. The first kappa shape index (κ1) is 18.0. The quantitative estimate of drug-likeness (QED) is 0.259. The number of ether oxygens (including phenoxy) is 1. The smallest absolute Gasteiger partial charge is 0.338 e. The second kappa shape index (κ2) is 7.97. The molecule has 0 unspecified atom stereocenters. The SMILES string of the molecule is CCCCOC(=O)c1cc(Cl)c(Sc2nncn2N)c([N+](=O)[O-])c1. The van der Waals surface area contributed by atoms with Gasteiger partial charge in [-0.05, 0) is 24.2 Å². The Labute approximate surface area is 146 Å². The minimum atomic E-state index is -0.660. The molecule has 0 fully saturated rings. The zero-order valence-corrected chi connectivity index (χ0v) is 14.2. The second-order valence-corrected chi connectivity index (χ2v) is 6.06. The highest BCUT2D eigenvalue weighted by molar-refractivity contribution is 7.99. The summed E-state index contributed by atoms with van der Waals surface area (Å²) in [5, 5.41) is 18.9. The summed E-state index contributed by atoms with van der Waals surface area (Å²) in [5.74, 6) is 4.93. The Kier molecular flexibility index (Phi) is 5.99. The van der Waals surface area contributed by atoms with Crippen molar-refractivity contribution < 1.29 is 14.5 Å². The average Bonchev–Trinajstić information content (AvgIpc) is 2.94. The van der Waals surface area contributed by atoms with Crippen LogP contribution in [0.5, 0.6) is 0 Å². The van der Waals surface area contributed by atoms with E-state index in [4.69, 9.17) is 22.2 Å². The number of benzene rings is 1. The van der Waals surface area contributed by atoms with E-state index in [2.05, 4.69) is 10.2 Å². The number of unbranched alkanes of at least 4 members (excludes halogenated alkanes) is 1. The van der Waals surface area contributed by atoms with Gasteiger partial charge >= 0.3 is 5.97 Å². The number of carbonyl (C=O) groups excluding carboxylic acids is 1. The molecule has 0 radical (unpaired) electrons. The van der Waals surface area contributed by atoms with Gasteiger partial charge in [0.1, 0.15) is 11.2 Å². The lowest BCUT2D eigenvalue weighted by Crippen LogP contribution is -2.09. The average molecular weight is 372 g/mol. The maximum Gasteiger partial charge on any atom is 0.338 e. The highest BCUT2D eigenvalue weighted by atomic mass is 35.5. The Hall–Kier alpha value is -2.33. The summed E-state index contributed by atoms with van der Waals surface area (Å²) in [6.07, 6.45) is 2.83. The fraction of sp³-hybridized carbons (Fsp3) is 0.308. The summed E-state index contributed by atoms with van der Waals surface area (Å²) in [5.41, 5.74) is -0.320. The number of halogens is 1. The van der Waals surface area contributed by atoms with E-state index >= 15 is 0 Å². The highest BCUT2D eigenvalue weighted by Crippen LogP contribution is 2.39. The van der Waals surface area contributed by atoms with Crippen LogP contribution in [0, 0.1) is 10.1 Å². The van der Waals surface area contributed by atoms with E-state index in [9.17, 15) is 14.9 Å². The molecule has 0 atom stereocenters. The van der Waals surface area contributed by atoms with Crippen LogP contribution < -0.4 is 5.84 Å². The van der Waals surface area contributed by atoms with E-state index in [1.165, 1.54) is 12.4 Å². The van der Waals surface area contributed by atoms with E-state index in [-0.39, 0.29) is 32.9 Å². The van der Waals surface area contributed by atoms with Crippen molar-refractivity contribution in [3.63, 3.8) is 0 Å². The van der Waals surface area contributed by atoms with Gasteiger partial charge in [-0.2, -0.15) is 0 Å². The Bertz CT molecular complexity index is 767. The molecular weight excluding hydrogens is 358 g/mol. The van der Waals surface area contributed by atoms with E-state index in [0.717, 1.165) is 28.9 Å². The molecule has 2 aromatic rings. The van der Waals surface area contributed by atoms with Crippen LogP contribution in [0.4, 0.5) is 5.69 Å². The number of nitrogens with two attached hydrogens (primary N) is 1. The first-order valence-electron chi connectivity index (χ1n) is 6.92. The number of rotatable bonds is 7. The topological polar surface area (TPSA) is 126 Å². The van der Waals surface area contributed by atoms with Gasteiger partial charge in [0, 0.05) is 6.07 Å². The summed E-state index contributed by atoms with van der Waals surface area (Å²) >= 11 is 7.00. The Morgan fingerprint density at radius 1 is 1.54 bits per heavy atom. The molecule has 0 saturated heterocycles. The molecule has 24 heavy (non-hydrogen) atoms. The summed E-state index contributed by atoms with van der Waals surface area (Å²) in [6.45, 7) is 2.20. The standard InChI is InChI=1S/C13H14ClN5O4S/c1-2-3-4-23-12(20)8-5-9(14)11(10(6-8)19(21)22)24-13-17-16-7-18(13)15/h5-7H,2-4,15H2,1H3. The van der Waals surface area contributed by atoms with Crippen molar-refractivity contribution in [1.82, 2.24) is 14.9 Å². The number of aromatic nitrogens is 3. The molecule has 2 N–H and O–H groups in total. The molecule has 11 heteroatoms. The highest BCUT2D eigenvalue weighted by Gasteiger charge is 2.24. The van der Waals surface area contributed by atoms with Gasteiger partial charge in [0.25, 0.3) is 5.69 Å². The number of carbonyl (C=O) groups is 1. The lowest BCUT2D eigenvalue weighted by Gasteiger charge is -2.08. The number of hydrogen-bond acceptors (Lipinski definition) is 8. The first-order valence-corrected chi connectivity index (χ1v) is 8.11. The zero-order chi connectivity index (χ0) is 17.7. The van der Waals surface area contributed by atoms with Crippen molar-refractivity contribution in [2.75, 3.05) is 12.4 Å². The molecule has 1 aromatic carbocycles. The fourth-order valence-corrected chi connectivity index (χ4v) is 2.87. The van der Waals surface area contributed by atoms with Gasteiger partial charge in [0.05, 0.1) is 22.1 Å². The number of esters is 1. The molecule has 0 saturated carbocycles. The van der Waals surface area contributed by atoms with Crippen LogP contribution in [-0.4, -0.2) is 32.4 Å². The van der Waals surface area contributed by atoms with Crippen LogP contribution in [0.1, 0.15) is 30.1 Å². The molecule has 9 nitrogen and oxygen atoms in total. The predicted octanol–water partition coefficient (Wildman–Crippen LogP) is 2.66. The van der Waals surface area contributed by atoms with Crippen LogP contribution in [-0.2, 0) is 4.74 Å². The summed E-state index contributed by atoms with van der Waals surface area (Å²) in [7, 11) is 0. The molecule has 0 aliphatic rings. The van der Waals surface area contributed by atoms with Gasteiger partial charge in [-0.3, -0.25) is 10.1 Å². The molecule has 128 valence electrons. The third kappa shape index (κ3) is 4.15. The Morgan fingerprint density at radius 3 is 2.88 bits per heavy atom. The minimum Gasteiger partial charge on any atom is -0.462 e. The molecule has 0 amide bonds. The van der Waals surface area contributed by atoms with Crippen LogP contribution in [0.15, 0.2) is 28.5 Å². The van der Waals surface area contributed by atoms with Gasteiger partial charge in [-0.15, -0.1) is 10.2 Å². The number of nitro groups is 1. The van der Waals surface area contributed by atoms with E-state index < -0.39 is 10.9 Å². The van der Waals surface area contributed by atoms with Gasteiger partial charge in [-0.1, -0.05) is 24.9 Å². The van der Waals surface area contributed by atoms with Crippen LogP contribution in [0.3, 0.4) is 0 Å². The number of hydrogen-bond donors (Lipinski definition) is 1. The van der Waals surface area contributed by atoms with Gasteiger partial charge in [0.2, 0.25) is 5.16 Å². The number of nitrogen functional groups attached to an aromatic ring is 1. The lowest BCUT2D eigenvalue weighted by atomic mass is 10.2. The van der Waals surface area contributed by atoms with E-state index in [0.29, 0.717) is 6.42 Å². The van der Waals surface area contributed by atoms with Gasteiger partial charge in [0.15, 0.2) is 0 Å². The molecule has 0 aliphatic carbocycles. The normalized spacial score (nSPS) is 10.6. The number of nitro benzene ring substituents is 1. The minimum absolute atomic E-state index is 0.0152. The van der Waals surface area contributed by atoms with Crippen molar-refractivity contribution in [2.45, 2.75) is 29.8 Å². The van der Waals surface area contributed by atoms with Crippen LogP contribution in [0.2, 0.25) is 5.02 Å². The van der Waals surface area contributed by atoms with E-state index in [1.807, 2.05) is 6.92 Å². The monoisotopic (exact) mass is 371 g/mol. The first-order chi connectivity index (χ1) is 11.4. The van der Waals surface area contributed by atoms with Crippen LogP contribution >= 0.6 is 23.4 Å².